The predicted molar refractivity (Wildman–Crippen MR) is 86.4 cm³/mol. The van der Waals surface area contributed by atoms with Crippen molar-refractivity contribution in [2.75, 3.05) is 18.5 Å². The van der Waals surface area contributed by atoms with Gasteiger partial charge in [-0.25, -0.2) is 9.59 Å². The zero-order valence-corrected chi connectivity index (χ0v) is 13.5. The third kappa shape index (κ3) is 6.87. The lowest BCUT2D eigenvalue weighted by atomic mass is 10.1. The molecule has 0 aromatic heterocycles. The first-order valence-corrected chi connectivity index (χ1v) is 7.41. The fraction of sp³-hybridized carbons (Fsp3) is 0.294. The Morgan fingerprint density at radius 3 is 2.08 bits per heavy atom. The molecule has 7 nitrogen and oxygen atoms in total. The highest BCUT2D eigenvalue weighted by molar-refractivity contribution is 5.99. The van der Waals surface area contributed by atoms with E-state index in [-0.39, 0.29) is 12.5 Å². The first-order valence-electron chi connectivity index (χ1n) is 7.41. The van der Waals surface area contributed by atoms with Gasteiger partial charge in [-0.15, -0.1) is 0 Å². The number of ether oxygens (including phenoxy) is 2. The molecule has 0 atom stereocenters. The monoisotopic (exact) mass is 333 g/mol. The largest absolute Gasteiger partial charge is 0.463 e. The molecule has 1 rings (SSSR count). The number of carbonyl (C=O) groups excluding carboxylic acids is 4. The van der Waals surface area contributed by atoms with Gasteiger partial charge < -0.3 is 14.8 Å². The second-order valence-corrected chi connectivity index (χ2v) is 4.60. The van der Waals surface area contributed by atoms with Crippen LogP contribution in [0.3, 0.4) is 0 Å². The molecular formula is C17H19NO6. The van der Waals surface area contributed by atoms with Crippen molar-refractivity contribution in [3.8, 4) is 0 Å². The average Bonchev–Trinajstić information content (AvgIpc) is 2.58. The second kappa shape index (κ2) is 9.94. The number of nitrogens with one attached hydrogen (secondary N) is 1. The van der Waals surface area contributed by atoms with E-state index in [0.29, 0.717) is 17.7 Å². The van der Waals surface area contributed by atoms with Crippen molar-refractivity contribution in [1.82, 2.24) is 0 Å². The number of hydrogen-bond donors (Lipinski definition) is 1. The summed E-state index contributed by atoms with van der Waals surface area (Å²) in [5, 5.41) is 2.66. The Morgan fingerprint density at radius 2 is 1.54 bits per heavy atom. The van der Waals surface area contributed by atoms with Crippen LogP contribution >= 0.6 is 0 Å². The van der Waals surface area contributed by atoms with E-state index in [1.54, 1.807) is 26.0 Å². The van der Waals surface area contributed by atoms with Crippen molar-refractivity contribution in [1.29, 1.82) is 0 Å². The van der Waals surface area contributed by atoms with Crippen LogP contribution in [-0.4, -0.2) is 36.8 Å². The van der Waals surface area contributed by atoms with Crippen LogP contribution in [0.5, 0.6) is 0 Å². The molecule has 7 heteroatoms. The molecule has 1 N–H and O–H groups in total. The number of ketones is 1. The van der Waals surface area contributed by atoms with Crippen LogP contribution in [0.2, 0.25) is 0 Å². The molecule has 1 aromatic rings. The van der Waals surface area contributed by atoms with Crippen LogP contribution in [0.4, 0.5) is 5.69 Å². The maximum Gasteiger partial charge on any atom is 0.331 e. The quantitative estimate of drug-likeness (QED) is 0.443. The molecule has 1 amide bonds. The summed E-state index contributed by atoms with van der Waals surface area (Å²) >= 11 is 0. The number of amides is 1. The van der Waals surface area contributed by atoms with Crippen molar-refractivity contribution < 1.29 is 28.7 Å². The topological polar surface area (TPSA) is 98.8 Å². The highest BCUT2D eigenvalue weighted by atomic mass is 16.5. The maximum absolute atomic E-state index is 11.9. The zero-order valence-electron chi connectivity index (χ0n) is 13.5. The Labute approximate surface area is 139 Å². The molecule has 0 aliphatic rings. The normalized spacial score (nSPS) is 10.2. The van der Waals surface area contributed by atoms with Gasteiger partial charge in [0.05, 0.1) is 6.61 Å². The SMILES string of the molecule is CCOC(=O)/C=C/C(=O)OCC(=O)c1ccc(NC(=O)CC)cc1. The molecule has 0 heterocycles. The molecule has 0 aliphatic heterocycles. The minimum atomic E-state index is -0.816. The van der Waals surface area contributed by atoms with Crippen LogP contribution < -0.4 is 5.32 Å². The molecule has 0 spiro atoms. The van der Waals surface area contributed by atoms with Gasteiger partial charge >= 0.3 is 11.9 Å². The average molecular weight is 333 g/mol. The lowest BCUT2D eigenvalue weighted by Crippen LogP contribution is -2.13. The van der Waals surface area contributed by atoms with Gasteiger partial charge in [-0.1, -0.05) is 6.92 Å². The van der Waals surface area contributed by atoms with E-state index < -0.39 is 24.3 Å². The van der Waals surface area contributed by atoms with Crippen molar-refractivity contribution in [2.45, 2.75) is 20.3 Å². The molecule has 0 unspecified atom stereocenters. The summed E-state index contributed by atoms with van der Waals surface area (Å²) in [7, 11) is 0. The van der Waals surface area contributed by atoms with E-state index in [4.69, 9.17) is 4.74 Å². The number of anilines is 1. The van der Waals surface area contributed by atoms with E-state index in [2.05, 4.69) is 10.1 Å². The summed E-state index contributed by atoms with van der Waals surface area (Å²) in [4.78, 5) is 45.6. The molecular weight excluding hydrogens is 314 g/mol. The van der Waals surface area contributed by atoms with Gasteiger partial charge in [0.15, 0.2) is 12.4 Å². The molecule has 0 fully saturated rings. The van der Waals surface area contributed by atoms with Crippen molar-refractivity contribution in [3.63, 3.8) is 0 Å². The predicted octanol–water partition coefficient (Wildman–Crippen LogP) is 1.88. The van der Waals surface area contributed by atoms with Crippen molar-refractivity contribution in [3.05, 3.63) is 42.0 Å². The highest BCUT2D eigenvalue weighted by Gasteiger charge is 2.09. The molecule has 0 saturated carbocycles. The fourth-order valence-electron chi connectivity index (χ4n) is 1.58. The lowest BCUT2D eigenvalue weighted by Gasteiger charge is -2.05. The van der Waals surface area contributed by atoms with E-state index in [1.807, 2.05) is 0 Å². The first-order chi connectivity index (χ1) is 11.5. The molecule has 0 saturated heterocycles. The van der Waals surface area contributed by atoms with Gasteiger partial charge in [0.2, 0.25) is 5.91 Å². The van der Waals surface area contributed by atoms with Gasteiger partial charge in [-0.05, 0) is 31.2 Å². The number of benzene rings is 1. The molecule has 1 aromatic carbocycles. The summed E-state index contributed by atoms with van der Waals surface area (Å²) in [6, 6.07) is 6.22. The van der Waals surface area contributed by atoms with Crippen LogP contribution in [0.15, 0.2) is 36.4 Å². The van der Waals surface area contributed by atoms with E-state index >= 15 is 0 Å². The Kier molecular flexibility index (Phi) is 7.90. The van der Waals surface area contributed by atoms with Gasteiger partial charge in [0.1, 0.15) is 0 Å². The smallest absolute Gasteiger partial charge is 0.331 e. The van der Waals surface area contributed by atoms with Gasteiger partial charge in [0.25, 0.3) is 0 Å². The van der Waals surface area contributed by atoms with Crippen LogP contribution in [0, 0.1) is 0 Å². The second-order valence-electron chi connectivity index (χ2n) is 4.60. The van der Waals surface area contributed by atoms with Crippen molar-refractivity contribution in [2.24, 2.45) is 0 Å². The van der Waals surface area contributed by atoms with Crippen LogP contribution in [0.25, 0.3) is 0 Å². The Bertz CT molecular complexity index is 633. The number of hydrogen-bond acceptors (Lipinski definition) is 6. The highest BCUT2D eigenvalue weighted by Crippen LogP contribution is 2.10. The van der Waals surface area contributed by atoms with E-state index in [9.17, 15) is 19.2 Å². The summed E-state index contributed by atoms with van der Waals surface area (Å²) in [6.07, 6.45) is 2.19. The number of rotatable bonds is 8. The third-order valence-corrected chi connectivity index (χ3v) is 2.80. The Balaban J connectivity index is 2.49. The first kappa shape index (κ1) is 19.1. The lowest BCUT2D eigenvalue weighted by molar-refractivity contribution is -0.139. The van der Waals surface area contributed by atoms with E-state index in [1.165, 1.54) is 12.1 Å². The van der Waals surface area contributed by atoms with Crippen LogP contribution in [-0.2, 0) is 23.9 Å². The summed E-state index contributed by atoms with van der Waals surface area (Å²) < 4.78 is 9.35. The molecule has 0 radical (unpaired) electrons. The minimum Gasteiger partial charge on any atom is -0.463 e. The molecule has 0 aliphatic carbocycles. The summed E-state index contributed by atoms with van der Waals surface area (Å²) in [5.41, 5.74) is 0.916. The third-order valence-electron chi connectivity index (χ3n) is 2.80. The zero-order chi connectivity index (χ0) is 17.9. The van der Waals surface area contributed by atoms with Gasteiger partial charge in [-0.3, -0.25) is 9.59 Å². The molecule has 128 valence electrons. The maximum atomic E-state index is 11.9. The van der Waals surface area contributed by atoms with Gasteiger partial charge in [0, 0.05) is 29.8 Å². The Hall–Kier alpha value is -2.96. The standard InChI is InChI=1S/C17H19NO6/c1-3-15(20)18-13-7-5-12(6-8-13)14(19)11-24-17(22)10-9-16(21)23-4-2/h5-10H,3-4,11H2,1-2H3,(H,18,20)/b10-9+. The van der Waals surface area contributed by atoms with Gasteiger partial charge in [-0.2, -0.15) is 0 Å². The van der Waals surface area contributed by atoms with Crippen LogP contribution in [0.1, 0.15) is 30.6 Å². The number of Topliss-reactive ketones (excluding diaryl/α,β-unsaturated/α-hetero) is 1. The molecule has 24 heavy (non-hydrogen) atoms. The van der Waals surface area contributed by atoms with E-state index in [0.717, 1.165) is 12.2 Å². The molecule has 0 bridgehead atoms. The summed E-state index contributed by atoms with van der Waals surface area (Å²) in [5.74, 6) is -2.01. The number of carbonyl (C=O) groups is 4. The van der Waals surface area contributed by atoms with Crippen molar-refractivity contribution >= 4 is 29.3 Å². The minimum absolute atomic E-state index is 0.128. The number of esters is 2. The fourth-order valence-corrected chi connectivity index (χ4v) is 1.58. The summed E-state index contributed by atoms with van der Waals surface area (Å²) in [6.45, 7) is 3.12. The Morgan fingerprint density at radius 1 is 0.958 bits per heavy atom.